The second-order valence-corrected chi connectivity index (χ2v) is 5.87. The molecular weight excluding hydrogens is 300 g/mol. The Morgan fingerprint density at radius 2 is 1.92 bits per heavy atom. The van der Waals surface area contributed by atoms with Crippen molar-refractivity contribution in [2.75, 3.05) is 17.3 Å². The van der Waals surface area contributed by atoms with Crippen LogP contribution in [0.3, 0.4) is 0 Å². The molecule has 1 N–H and O–H groups in total. The van der Waals surface area contributed by atoms with Crippen LogP contribution in [0.5, 0.6) is 0 Å². The maximum absolute atomic E-state index is 12.6. The van der Waals surface area contributed by atoms with E-state index in [0.29, 0.717) is 22.5 Å². The Morgan fingerprint density at radius 1 is 1.17 bits per heavy atom. The smallest absolute Gasteiger partial charge is 0.257 e. The second-order valence-electron chi connectivity index (χ2n) is 5.87. The highest BCUT2D eigenvalue weighted by Crippen LogP contribution is 2.33. The summed E-state index contributed by atoms with van der Waals surface area (Å²) in [7, 11) is 1.71. The van der Waals surface area contributed by atoms with Crippen molar-refractivity contribution in [1.82, 2.24) is 0 Å². The largest absolute Gasteiger partial charge is 0.322 e. The van der Waals surface area contributed by atoms with Crippen LogP contribution < -0.4 is 10.2 Å². The van der Waals surface area contributed by atoms with Crippen molar-refractivity contribution >= 4 is 23.2 Å². The van der Waals surface area contributed by atoms with Gasteiger partial charge in [-0.05, 0) is 43.2 Å². The average molecular weight is 318 g/mol. The van der Waals surface area contributed by atoms with Crippen LogP contribution in [0.1, 0.15) is 28.8 Å². The van der Waals surface area contributed by atoms with Gasteiger partial charge in [-0.25, -0.2) is 0 Å². The molecule has 0 unspecified atom stereocenters. The van der Waals surface area contributed by atoms with Crippen molar-refractivity contribution in [2.24, 2.45) is 5.92 Å². The standard InChI is InChI=1S/C20H18N2O2/c1-3-14-7-6-8-16(13-14)21-19(23)17-9-4-5-10-18(17)22(2)20(24)15-11-12-15/h1,4-10,13,15H,11-12H2,2H3,(H,21,23). The Labute approximate surface area is 141 Å². The number of hydrogen-bond donors (Lipinski definition) is 1. The predicted octanol–water partition coefficient (Wildman–Crippen LogP) is 3.29. The fraction of sp³-hybridized carbons (Fsp3) is 0.200. The Balaban J connectivity index is 1.84. The zero-order valence-electron chi connectivity index (χ0n) is 13.5. The molecule has 3 rings (SSSR count). The van der Waals surface area contributed by atoms with E-state index in [1.165, 1.54) is 0 Å². The van der Waals surface area contributed by atoms with E-state index in [-0.39, 0.29) is 17.7 Å². The summed E-state index contributed by atoms with van der Waals surface area (Å²) in [6.07, 6.45) is 7.24. The van der Waals surface area contributed by atoms with Crippen LogP contribution >= 0.6 is 0 Å². The van der Waals surface area contributed by atoms with Gasteiger partial charge in [-0.15, -0.1) is 6.42 Å². The van der Waals surface area contributed by atoms with Gasteiger partial charge in [0.15, 0.2) is 0 Å². The van der Waals surface area contributed by atoms with E-state index in [2.05, 4.69) is 11.2 Å². The van der Waals surface area contributed by atoms with Gasteiger partial charge in [0.2, 0.25) is 5.91 Å². The number of carbonyl (C=O) groups is 2. The number of benzene rings is 2. The quantitative estimate of drug-likeness (QED) is 0.879. The number of nitrogens with zero attached hydrogens (tertiary/aromatic N) is 1. The summed E-state index contributed by atoms with van der Waals surface area (Å²) >= 11 is 0. The number of anilines is 2. The zero-order chi connectivity index (χ0) is 17.1. The van der Waals surface area contributed by atoms with Gasteiger partial charge in [-0.2, -0.15) is 0 Å². The van der Waals surface area contributed by atoms with Crippen LogP contribution in [0.4, 0.5) is 11.4 Å². The van der Waals surface area contributed by atoms with Gasteiger partial charge in [-0.3, -0.25) is 9.59 Å². The molecule has 4 nitrogen and oxygen atoms in total. The fourth-order valence-corrected chi connectivity index (χ4v) is 2.57. The first-order valence-corrected chi connectivity index (χ1v) is 7.85. The van der Waals surface area contributed by atoms with E-state index in [1.807, 2.05) is 6.07 Å². The molecule has 24 heavy (non-hydrogen) atoms. The highest BCUT2D eigenvalue weighted by atomic mass is 16.2. The molecular formula is C20H18N2O2. The van der Waals surface area contributed by atoms with Gasteiger partial charge in [0.05, 0.1) is 11.3 Å². The predicted molar refractivity (Wildman–Crippen MR) is 94.9 cm³/mol. The molecule has 1 fully saturated rings. The van der Waals surface area contributed by atoms with Gasteiger partial charge in [-0.1, -0.05) is 24.1 Å². The third-order valence-electron chi connectivity index (χ3n) is 4.05. The van der Waals surface area contributed by atoms with Gasteiger partial charge < -0.3 is 10.2 Å². The average Bonchev–Trinajstić information content (AvgIpc) is 3.45. The number of rotatable bonds is 4. The molecule has 0 spiro atoms. The Bertz CT molecular complexity index is 832. The lowest BCUT2D eigenvalue weighted by Gasteiger charge is -2.20. The molecule has 0 radical (unpaired) electrons. The lowest BCUT2D eigenvalue weighted by Crippen LogP contribution is -2.29. The molecule has 0 saturated heterocycles. The maximum Gasteiger partial charge on any atom is 0.257 e. The first kappa shape index (κ1) is 15.8. The van der Waals surface area contributed by atoms with Crippen molar-refractivity contribution in [1.29, 1.82) is 0 Å². The van der Waals surface area contributed by atoms with E-state index in [1.54, 1.807) is 54.4 Å². The Hall–Kier alpha value is -3.06. The van der Waals surface area contributed by atoms with Gasteiger partial charge in [0.1, 0.15) is 0 Å². The number of carbonyl (C=O) groups excluding carboxylic acids is 2. The van der Waals surface area contributed by atoms with E-state index in [0.717, 1.165) is 12.8 Å². The molecule has 0 aliphatic heterocycles. The number of terminal acetylenes is 1. The first-order chi connectivity index (χ1) is 11.6. The van der Waals surface area contributed by atoms with Crippen molar-refractivity contribution in [3.63, 3.8) is 0 Å². The van der Waals surface area contributed by atoms with Crippen LogP contribution in [-0.4, -0.2) is 18.9 Å². The summed E-state index contributed by atoms with van der Waals surface area (Å²) in [4.78, 5) is 26.5. The van der Waals surface area contributed by atoms with E-state index < -0.39 is 0 Å². The minimum atomic E-state index is -0.268. The van der Waals surface area contributed by atoms with Crippen LogP contribution in [0.25, 0.3) is 0 Å². The number of para-hydroxylation sites is 1. The second kappa shape index (κ2) is 6.59. The van der Waals surface area contributed by atoms with Crippen LogP contribution in [0.15, 0.2) is 48.5 Å². The van der Waals surface area contributed by atoms with Gasteiger partial charge in [0, 0.05) is 24.2 Å². The lowest BCUT2D eigenvalue weighted by atomic mass is 10.1. The summed E-state index contributed by atoms with van der Waals surface area (Å²) in [5.74, 6) is 2.43. The lowest BCUT2D eigenvalue weighted by molar-refractivity contribution is -0.119. The van der Waals surface area contributed by atoms with Crippen LogP contribution in [0, 0.1) is 18.3 Å². The topological polar surface area (TPSA) is 49.4 Å². The molecule has 0 atom stereocenters. The minimum Gasteiger partial charge on any atom is -0.322 e. The summed E-state index contributed by atoms with van der Waals surface area (Å²) in [6, 6.07) is 14.2. The molecule has 2 aromatic rings. The van der Waals surface area contributed by atoms with Gasteiger partial charge in [0.25, 0.3) is 5.91 Å². The van der Waals surface area contributed by atoms with Crippen molar-refractivity contribution in [2.45, 2.75) is 12.8 Å². The molecule has 0 bridgehead atoms. The van der Waals surface area contributed by atoms with Crippen LogP contribution in [-0.2, 0) is 4.79 Å². The Morgan fingerprint density at radius 3 is 2.62 bits per heavy atom. The van der Waals surface area contributed by atoms with E-state index in [9.17, 15) is 9.59 Å². The third kappa shape index (κ3) is 3.31. The molecule has 1 saturated carbocycles. The minimum absolute atomic E-state index is 0.0598. The van der Waals surface area contributed by atoms with Gasteiger partial charge >= 0.3 is 0 Å². The first-order valence-electron chi connectivity index (χ1n) is 7.85. The van der Waals surface area contributed by atoms with Crippen molar-refractivity contribution in [3.8, 4) is 12.3 Å². The van der Waals surface area contributed by atoms with Crippen LogP contribution in [0.2, 0.25) is 0 Å². The molecule has 0 aromatic heterocycles. The summed E-state index contributed by atoms with van der Waals surface area (Å²) in [6.45, 7) is 0. The van der Waals surface area contributed by atoms with Crippen molar-refractivity contribution in [3.05, 3.63) is 59.7 Å². The monoisotopic (exact) mass is 318 g/mol. The van der Waals surface area contributed by atoms with E-state index in [4.69, 9.17) is 6.42 Å². The fourth-order valence-electron chi connectivity index (χ4n) is 2.57. The molecule has 120 valence electrons. The molecule has 4 heteroatoms. The highest BCUT2D eigenvalue weighted by Gasteiger charge is 2.33. The van der Waals surface area contributed by atoms with Crippen molar-refractivity contribution < 1.29 is 9.59 Å². The summed E-state index contributed by atoms with van der Waals surface area (Å²) in [5, 5.41) is 2.84. The molecule has 1 aliphatic carbocycles. The third-order valence-corrected chi connectivity index (χ3v) is 4.05. The zero-order valence-corrected chi connectivity index (χ0v) is 13.5. The number of nitrogens with one attached hydrogen (secondary N) is 1. The number of hydrogen-bond acceptors (Lipinski definition) is 2. The summed E-state index contributed by atoms with van der Waals surface area (Å²) < 4.78 is 0. The molecule has 1 aliphatic rings. The summed E-state index contributed by atoms with van der Waals surface area (Å²) in [5.41, 5.74) is 2.39. The van der Waals surface area contributed by atoms with E-state index >= 15 is 0 Å². The molecule has 0 heterocycles. The molecule has 2 aromatic carbocycles. The highest BCUT2D eigenvalue weighted by molar-refractivity contribution is 6.11. The Kier molecular flexibility index (Phi) is 4.35. The SMILES string of the molecule is C#Cc1cccc(NC(=O)c2ccccc2N(C)C(=O)C2CC2)c1. The molecule has 2 amide bonds. The maximum atomic E-state index is 12.6. The number of amides is 2. The normalized spacial score (nSPS) is 13.0.